The lowest BCUT2D eigenvalue weighted by molar-refractivity contribution is -0.0172. The van der Waals surface area contributed by atoms with E-state index in [0.29, 0.717) is 17.5 Å². The van der Waals surface area contributed by atoms with E-state index in [-0.39, 0.29) is 6.04 Å². The van der Waals surface area contributed by atoms with Gasteiger partial charge >= 0.3 is 0 Å². The average Bonchev–Trinajstić information content (AvgIpc) is 2.31. The number of hydrogen-bond acceptors (Lipinski definition) is 3. The lowest BCUT2D eigenvalue weighted by Crippen LogP contribution is -2.58. The fourth-order valence-corrected chi connectivity index (χ4v) is 7.27. The highest BCUT2D eigenvalue weighted by Crippen LogP contribution is 2.53. The zero-order valence-corrected chi connectivity index (χ0v) is 12.4. The zero-order chi connectivity index (χ0) is 13.0. The van der Waals surface area contributed by atoms with Gasteiger partial charge in [0.25, 0.3) is 0 Å². The summed E-state index contributed by atoms with van der Waals surface area (Å²) >= 11 is 0. The molecular formula is C15H25NO2S. The SMILES string of the molecule is O=S1(=O)CCCC(NC2C3CC4CC(C3)CC2C4)C1. The van der Waals surface area contributed by atoms with E-state index in [1.807, 2.05) is 0 Å². The van der Waals surface area contributed by atoms with Gasteiger partial charge in [-0.05, 0) is 68.6 Å². The zero-order valence-electron chi connectivity index (χ0n) is 11.6. The van der Waals surface area contributed by atoms with Gasteiger partial charge in [-0.2, -0.15) is 0 Å². The van der Waals surface area contributed by atoms with Crippen molar-refractivity contribution in [2.24, 2.45) is 23.7 Å². The molecule has 3 nitrogen and oxygen atoms in total. The Morgan fingerprint density at radius 1 is 0.895 bits per heavy atom. The van der Waals surface area contributed by atoms with Gasteiger partial charge < -0.3 is 5.32 Å². The molecule has 1 saturated heterocycles. The normalized spacial score (nSPS) is 51.4. The van der Waals surface area contributed by atoms with Crippen LogP contribution in [-0.4, -0.2) is 32.0 Å². The summed E-state index contributed by atoms with van der Waals surface area (Å²) in [6.07, 6.45) is 9.02. The predicted octanol–water partition coefficient (Wildman–Crippen LogP) is 1.98. The largest absolute Gasteiger partial charge is 0.310 e. The number of nitrogens with one attached hydrogen (secondary N) is 1. The second kappa shape index (κ2) is 4.45. The van der Waals surface area contributed by atoms with E-state index in [9.17, 15) is 8.42 Å². The van der Waals surface area contributed by atoms with Crippen molar-refractivity contribution in [3.8, 4) is 0 Å². The fourth-order valence-electron chi connectivity index (χ4n) is 5.62. The van der Waals surface area contributed by atoms with Crippen LogP contribution >= 0.6 is 0 Å². The first-order chi connectivity index (χ1) is 9.09. The van der Waals surface area contributed by atoms with Gasteiger partial charge in [0.15, 0.2) is 9.84 Å². The van der Waals surface area contributed by atoms with Gasteiger partial charge in [0.05, 0.1) is 11.5 Å². The van der Waals surface area contributed by atoms with E-state index in [1.54, 1.807) is 0 Å². The monoisotopic (exact) mass is 283 g/mol. The van der Waals surface area contributed by atoms with Crippen LogP contribution in [0.2, 0.25) is 0 Å². The Hall–Kier alpha value is -0.0900. The Morgan fingerprint density at radius 2 is 1.53 bits per heavy atom. The minimum Gasteiger partial charge on any atom is -0.310 e. The van der Waals surface area contributed by atoms with E-state index in [2.05, 4.69) is 5.32 Å². The van der Waals surface area contributed by atoms with E-state index >= 15 is 0 Å². The molecule has 0 spiro atoms. The van der Waals surface area contributed by atoms with Crippen molar-refractivity contribution in [1.29, 1.82) is 0 Å². The van der Waals surface area contributed by atoms with Crippen molar-refractivity contribution in [2.45, 2.75) is 57.0 Å². The summed E-state index contributed by atoms with van der Waals surface area (Å²) < 4.78 is 23.5. The van der Waals surface area contributed by atoms with Crippen molar-refractivity contribution in [2.75, 3.05) is 11.5 Å². The first kappa shape index (κ1) is 12.6. The summed E-state index contributed by atoms with van der Waals surface area (Å²) in [7, 11) is -2.77. The summed E-state index contributed by atoms with van der Waals surface area (Å²) in [5, 5.41) is 3.78. The van der Waals surface area contributed by atoms with Crippen molar-refractivity contribution >= 4 is 9.84 Å². The fraction of sp³-hybridized carbons (Fsp3) is 1.00. The Bertz CT molecular complexity index is 431. The van der Waals surface area contributed by atoms with Crippen LogP contribution in [0.25, 0.3) is 0 Å². The average molecular weight is 283 g/mol. The van der Waals surface area contributed by atoms with Gasteiger partial charge in [-0.15, -0.1) is 0 Å². The summed E-state index contributed by atoms with van der Waals surface area (Å²) in [6.45, 7) is 0. The quantitative estimate of drug-likeness (QED) is 0.843. The van der Waals surface area contributed by atoms with Crippen LogP contribution in [0.1, 0.15) is 44.9 Å². The summed E-state index contributed by atoms with van der Waals surface area (Å²) in [5.74, 6) is 4.48. The highest BCUT2D eigenvalue weighted by atomic mass is 32.2. The maximum Gasteiger partial charge on any atom is 0.151 e. The van der Waals surface area contributed by atoms with Gasteiger partial charge in [0, 0.05) is 12.1 Å². The first-order valence-corrected chi connectivity index (χ1v) is 9.88. The lowest BCUT2D eigenvalue weighted by atomic mass is 9.54. The molecule has 5 aliphatic rings. The Kier molecular flexibility index (Phi) is 2.96. The molecule has 5 fully saturated rings. The van der Waals surface area contributed by atoms with E-state index in [0.717, 1.165) is 36.5 Å². The molecule has 4 heteroatoms. The third-order valence-corrected chi connectivity index (χ3v) is 7.94. The van der Waals surface area contributed by atoms with Crippen LogP contribution < -0.4 is 5.32 Å². The summed E-state index contributed by atoms with van der Waals surface area (Å²) in [6, 6.07) is 0.868. The minimum absolute atomic E-state index is 0.237. The molecule has 1 atom stereocenters. The maximum atomic E-state index is 11.8. The number of hydrogen-bond donors (Lipinski definition) is 1. The van der Waals surface area contributed by atoms with Gasteiger partial charge in [-0.1, -0.05) is 0 Å². The Balaban J connectivity index is 1.45. The molecule has 0 aromatic rings. The molecule has 1 unspecified atom stereocenters. The Labute approximate surface area is 116 Å². The van der Waals surface area contributed by atoms with E-state index in [1.165, 1.54) is 32.1 Å². The standard InChI is InChI=1S/C15H25NO2S/c17-19(18)3-1-2-14(9-19)16-15-12-5-10-4-11(7-12)8-13(15)6-10/h10-16H,1-9H2. The molecule has 5 rings (SSSR count). The van der Waals surface area contributed by atoms with Crippen LogP contribution in [0.3, 0.4) is 0 Å². The van der Waals surface area contributed by atoms with Gasteiger partial charge in [-0.25, -0.2) is 8.42 Å². The lowest BCUT2D eigenvalue weighted by Gasteiger charge is -2.55. The Morgan fingerprint density at radius 3 is 2.11 bits per heavy atom. The van der Waals surface area contributed by atoms with Crippen LogP contribution in [0.15, 0.2) is 0 Å². The van der Waals surface area contributed by atoms with Gasteiger partial charge in [0.1, 0.15) is 0 Å². The maximum absolute atomic E-state index is 11.8. The molecule has 0 aromatic heterocycles. The molecular weight excluding hydrogens is 258 g/mol. The molecule has 0 amide bonds. The van der Waals surface area contributed by atoms with Crippen molar-refractivity contribution in [3.63, 3.8) is 0 Å². The molecule has 1 aliphatic heterocycles. The first-order valence-electron chi connectivity index (χ1n) is 8.05. The van der Waals surface area contributed by atoms with Crippen LogP contribution in [-0.2, 0) is 9.84 Å². The molecule has 4 saturated carbocycles. The highest BCUT2D eigenvalue weighted by Gasteiger charge is 2.48. The molecule has 19 heavy (non-hydrogen) atoms. The molecule has 0 radical (unpaired) electrons. The van der Waals surface area contributed by atoms with Crippen molar-refractivity contribution in [1.82, 2.24) is 5.32 Å². The van der Waals surface area contributed by atoms with Crippen LogP contribution in [0, 0.1) is 23.7 Å². The second-order valence-electron chi connectivity index (χ2n) is 7.58. The third-order valence-electron chi connectivity index (χ3n) is 6.12. The highest BCUT2D eigenvalue weighted by molar-refractivity contribution is 7.91. The van der Waals surface area contributed by atoms with Crippen LogP contribution in [0.4, 0.5) is 0 Å². The number of rotatable bonds is 2. The second-order valence-corrected chi connectivity index (χ2v) is 9.81. The number of sulfone groups is 1. The molecule has 108 valence electrons. The topological polar surface area (TPSA) is 46.2 Å². The molecule has 4 aliphatic carbocycles. The van der Waals surface area contributed by atoms with E-state index < -0.39 is 9.84 Å². The van der Waals surface area contributed by atoms with Gasteiger partial charge in [0.2, 0.25) is 0 Å². The van der Waals surface area contributed by atoms with Crippen molar-refractivity contribution < 1.29 is 8.42 Å². The minimum atomic E-state index is -2.77. The molecule has 4 bridgehead atoms. The molecule has 1 N–H and O–H groups in total. The third kappa shape index (κ3) is 2.35. The van der Waals surface area contributed by atoms with Crippen molar-refractivity contribution in [3.05, 3.63) is 0 Å². The molecule has 1 heterocycles. The summed E-state index contributed by atoms with van der Waals surface area (Å²) in [5.41, 5.74) is 0. The predicted molar refractivity (Wildman–Crippen MR) is 75.6 cm³/mol. The smallest absolute Gasteiger partial charge is 0.151 e. The molecule has 0 aromatic carbocycles. The van der Waals surface area contributed by atoms with E-state index in [4.69, 9.17) is 0 Å². The van der Waals surface area contributed by atoms with Gasteiger partial charge in [-0.3, -0.25) is 0 Å². The van der Waals surface area contributed by atoms with Crippen LogP contribution in [0.5, 0.6) is 0 Å². The summed E-state index contributed by atoms with van der Waals surface area (Å²) in [4.78, 5) is 0.